The van der Waals surface area contributed by atoms with E-state index in [-0.39, 0.29) is 5.91 Å². The molecule has 0 bridgehead atoms. The summed E-state index contributed by atoms with van der Waals surface area (Å²) in [7, 11) is 2.06. The van der Waals surface area contributed by atoms with E-state index in [1.807, 2.05) is 36.9 Å². The lowest BCUT2D eigenvalue weighted by molar-refractivity contribution is -0.127. The molecule has 4 heteroatoms. The van der Waals surface area contributed by atoms with Gasteiger partial charge in [-0.05, 0) is 25.5 Å². The van der Waals surface area contributed by atoms with Gasteiger partial charge in [-0.15, -0.1) is 0 Å². The summed E-state index contributed by atoms with van der Waals surface area (Å²) >= 11 is 0. The van der Waals surface area contributed by atoms with Gasteiger partial charge in [0, 0.05) is 26.7 Å². The Balaban J connectivity index is 2.38. The molecule has 1 aromatic carbocycles. The molecule has 0 fully saturated rings. The van der Waals surface area contributed by atoms with Gasteiger partial charge in [0.2, 0.25) is 5.91 Å². The van der Waals surface area contributed by atoms with Crippen molar-refractivity contribution in [2.75, 3.05) is 36.5 Å². The summed E-state index contributed by atoms with van der Waals surface area (Å²) in [5, 5.41) is 0. The Morgan fingerprint density at radius 1 is 1.32 bits per heavy atom. The minimum Gasteiger partial charge on any atom is -0.371 e. The first-order valence-electron chi connectivity index (χ1n) is 6.85. The summed E-state index contributed by atoms with van der Waals surface area (Å²) in [6.45, 7) is 5.94. The highest BCUT2D eigenvalue weighted by atomic mass is 16.2. The maximum absolute atomic E-state index is 12.8. The lowest BCUT2D eigenvalue weighted by atomic mass is 9.85. The molecule has 1 aliphatic heterocycles. The molecule has 104 valence electrons. The van der Waals surface area contributed by atoms with Gasteiger partial charge in [0.15, 0.2) is 0 Å². The number of nitrogens with two attached hydrogens (primary N) is 1. The zero-order valence-electron chi connectivity index (χ0n) is 12.0. The molecule has 0 saturated carbocycles. The van der Waals surface area contributed by atoms with Crippen LogP contribution in [-0.4, -0.2) is 32.6 Å². The number of amides is 1. The summed E-state index contributed by atoms with van der Waals surface area (Å²) in [6, 6.07) is 8.05. The lowest BCUT2D eigenvalue weighted by Gasteiger charge is -2.39. The van der Waals surface area contributed by atoms with Gasteiger partial charge < -0.3 is 15.5 Å². The molecule has 0 aliphatic carbocycles. The highest BCUT2D eigenvalue weighted by Gasteiger charge is 2.36. The second kappa shape index (κ2) is 5.21. The van der Waals surface area contributed by atoms with E-state index in [0.717, 1.165) is 30.9 Å². The van der Waals surface area contributed by atoms with Crippen LogP contribution in [0.2, 0.25) is 0 Å². The molecule has 4 nitrogen and oxygen atoms in total. The molecule has 19 heavy (non-hydrogen) atoms. The normalized spacial score (nSPS) is 17.9. The number of anilines is 2. The van der Waals surface area contributed by atoms with Gasteiger partial charge in [-0.25, -0.2) is 0 Å². The molecule has 1 atom stereocenters. The highest BCUT2D eigenvalue weighted by Crippen LogP contribution is 2.35. The third kappa shape index (κ3) is 2.32. The number of nitrogens with zero attached hydrogens (tertiary/aromatic N) is 2. The van der Waals surface area contributed by atoms with Crippen LogP contribution in [0.15, 0.2) is 24.3 Å². The van der Waals surface area contributed by atoms with Crippen molar-refractivity contribution in [3.8, 4) is 0 Å². The molecule has 1 amide bonds. The second-order valence-corrected chi connectivity index (χ2v) is 5.49. The fraction of sp³-hybridized carbons (Fsp3) is 0.533. The third-order valence-corrected chi connectivity index (χ3v) is 4.24. The average Bonchev–Trinajstić information content (AvgIpc) is 2.46. The molecule has 1 unspecified atom stereocenters. The van der Waals surface area contributed by atoms with Crippen molar-refractivity contribution in [2.24, 2.45) is 11.1 Å². The standard InChI is InChI=1S/C15H23N3O/c1-4-15(2,11-16)14(19)18-10-9-17(3)12-7-5-6-8-13(12)18/h5-8H,4,9-11,16H2,1-3H3. The van der Waals surface area contributed by atoms with Crippen LogP contribution in [0.25, 0.3) is 0 Å². The Bertz CT molecular complexity index is 468. The van der Waals surface area contributed by atoms with Crippen molar-refractivity contribution >= 4 is 17.3 Å². The molecule has 0 radical (unpaired) electrons. The maximum atomic E-state index is 12.8. The van der Waals surface area contributed by atoms with Crippen molar-refractivity contribution in [1.29, 1.82) is 0 Å². The fourth-order valence-electron chi connectivity index (χ4n) is 2.43. The molecule has 1 aromatic rings. The minimum absolute atomic E-state index is 0.137. The van der Waals surface area contributed by atoms with Gasteiger partial charge >= 0.3 is 0 Å². The van der Waals surface area contributed by atoms with E-state index in [1.54, 1.807) is 0 Å². The van der Waals surface area contributed by atoms with Crippen LogP contribution in [0.1, 0.15) is 20.3 Å². The molecule has 2 rings (SSSR count). The molecule has 0 spiro atoms. The van der Waals surface area contributed by atoms with Gasteiger partial charge in [-0.3, -0.25) is 4.79 Å². The van der Waals surface area contributed by atoms with Crippen LogP contribution in [0.3, 0.4) is 0 Å². The molecule has 0 saturated heterocycles. The summed E-state index contributed by atoms with van der Waals surface area (Å²) in [5.41, 5.74) is 7.45. The zero-order chi connectivity index (χ0) is 14.0. The van der Waals surface area contributed by atoms with E-state index in [4.69, 9.17) is 5.73 Å². The zero-order valence-corrected chi connectivity index (χ0v) is 12.0. The quantitative estimate of drug-likeness (QED) is 0.903. The lowest BCUT2D eigenvalue weighted by Crippen LogP contribution is -2.50. The average molecular weight is 261 g/mol. The molecule has 2 N–H and O–H groups in total. The van der Waals surface area contributed by atoms with Crippen LogP contribution in [0.5, 0.6) is 0 Å². The minimum atomic E-state index is -0.469. The van der Waals surface area contributed by atoms with Crippen LogP contribution in [0.4, 0.5) is 11.4 Å². The number of carbonyl (C=O) groups excluding carboxylic acids is 1. The monoisotopic (exact) mass is 261 g/mol. The summed E-state index contributed by atoms with van der Waals surface area (Å²) in [6.07, 6.45) is 0.761. The number of benzene rings is 1. The van der Waals surface area contributed by atoms with Gasteiger partial charge in [-0.1, -0.05) is 19.1 Å². The summed E-state index contributed by atoms with van der Waals surface area (Å²) in [5.74, 6) is 0.137. The van der Waals surface area contributed by atoms with Gasteiger partial charge in [0.1, 0.15) is 0 Å². The van der Waals surface area contributed by atoms with Crippen LogP contribution < -0.4 is 15.5 Å². The number of rotatable bonds is 3. The third-order valence-electron chi connectivity index (χ3n) is 4.24. The summed E-state index contributed by atoms with van der Waals surface area (Å²) < 4.78 is 0. The van der Waals surface area contributed by atoms with Crippen molar-refractivity contribution < 1.29 is 4.79 Å². The van der Waals surface area contributed by atoms with E-state index < -0.39 is 5.41 Å². The number of hydrogen-bond donors (Lipinski definition) is 1. The van der Waals surface area contributed by atoms with Crippen molar-refractivity contribution in [2.45, 2.75) is 20.3 Å². The number of likely N-dealkylation sites (N-methyl/N-ethyl adjacent to an activating group) is 1. The molecule has 0 aromatic heterocycles. The van der Waals surface area contributed by atoms with Gasteiger partial charge in [0.25, 0.3) is 0 Å². The van der Waals surface area contributed by atoms with E-state index in [9.17, 15) is 4.79 Å². The first-order valence-corrected chi connectivity index (χ1v) is 6.85. The van der Waals surface area contributed by atoms with Crippen LogP contribution in [-0.2, 0) is 4.79 Å². The van der Waals surface area contributed by atoms with Crippen molar-refractivity contribution in [1.82, 2.24) is 0 Å². The van der Waals surface area contributed by atoms with Crippen molar-refractivity contribution in [3.63, 3.8) is 0 Å². The topological polar surface area (TPSA) is 49.6 Å². The molecule has 1 aliphatic rings. The number of hydrogen-bond acceptors (Lipinski definition) is 3. The first kappa shape index (κ1) is 13.9. The fourth-order valence-corrected chi connectivity index (χ4v) is 2.43. The van der Waals surface area contributed by atoms with Crippen molar-refractivity contribution in [3.05, 3.63) is 24.3 Å². The molecular formula is C15H23N3O. The smallest absolute Gasteiger partial charge is 0.234 e. The number of fused-ring (bicyclic) bond motifs is 1. The van der Waals surface area contributed by atoms with E-state index in [2.05, 4.69) is 18.0 Å². The van der Waals surface area contributed by atoms with Gasteiger partial charge in [-0.2, -0.15) is 0 Å². The van der Waals surface area contributed by atoms with Crippen LogP contribution in [0, 0.1) is 5.41 Å². The first-order chi connectivity index (χ1) is 9.03. The molecule has 1 heterocycles. The van der Waals surface area contributed by atoms with E-state index in [1.165, 1.54) is 0 Å². The van der Waals surface area contributed by atoms with Gasteiger partial charge in [0.05, 0.1) is 16.8 Å². The predicted molar refractivity (Wildman–Crippen MR) is 79.5 cm³/mol. The number of para-hydroxylation sites is 2. The maximum Gasteiger partial charge on any atom is 0.234 e. The Labute approximate surface area is 115 Å². The summed E-state index contributed by atoms with van der Waals surface area (Å²) in [4.78, 5) is 16.9. The van der Waals surface area contributed by atoms with E-state index in [0.29, 0.717) is 6.54 Å². The SMILES string of the molecule is CCC(C)(CN)C(=O)N1CCN(C)c2ccccc21. The Kier molecular flexibility index (Phi) is 3.80. The number of carbonyl (C=O) groups is 1. The Morgan fingerprint density at radius 3 is 2.53 bits per heavy atom. The second-order valence-electron chi connectivity index (χ2n) is 5.49. The predicted octanol–water partition coefficient (Wildman–Crippen LogP) is 1.84. The highest BCUT2D eigenvalue weighted by molar-refractivity contribution is 6.01. The van der Waals surface area contributed by atoms with E-state index >= 15 is 0 Å². The largest absolute Gasteiger partial charge is 0.371 e. The Hall–Kier alpha value is -1.55. The molecular weight excluding hydrogens is 238 g/mol. The van der Waals surface area contributed by atoms with Crippen LogP contribution >= 0.6 is 0 Å². The Morgan fingerprint density at radius 2 is 1.95 bits per heavy atom.